The molecular formula is C15H12N6O5S. The van der Waals surface area contributed by atoms with Crippen LogP contribution in [0.3, 0.4) is 0 Å². The Labute approximate surface area is 155 Å². The van der Waals surface area contributed by atoms with E-state index in [0.29, 0.717) is 22.1 Å². The second kappa shape index (κ2) is 8.05. The fourth-order valence-corrected chi connectivity index (χ4v) is 2.67. The Morgan fingerprint density at radius 1 is 1.37 bits per heavy atom. The van der Waals surface area contributed by atoms with Crippen molar-refractivity contribution in [2.75, 3.05) is 5.73 Å². The van der Waals surface area contributed by atoms with Crippen LogP contribution in [0.15, 0.2) is 45.9 Å². The van der Waals surface area contributed by atoms with E-state index in [2.05, 4.69) is 20.9 Å². The number of hydrazone groups is 1. The number of furan rings is 1. The molecule has 0 saturated carbocycles. The number of nitrogens with zero attached hydrogens (tertiary/aromatic N) is 4. The summed E-state index contributed by atoms with van der Waals surface area (Å²) in [6.07, 6.45) is 1.16. The van der Waals surface area contributed by atoms with E-state index in [0.717, 1.165) is 11.3 Å². The van der Waals surface area contributed by atoms with Crippen LogP contribution in [0.4, 0.5) is 10.8 Å². The van der Waals surface area contributed by atoms with Crippen molar-refractivity contribution in [1.82, 2.24) is 15.8 Å². The maximum Gasteiger partial charge on any atom is 0.341 e. The number of anilines is 1. The third-order valence-corrected chi connectivity index (χ3v) is 3.93. The van der Waals surface area contributed by atoms with E-state index in [9.17, 15) is 14.9 Å². The van der Waals surface area contributed by atoms with Crippen molar-refractivity contribution >= 4 is 34.3 Å². The smallest absolute Gasteiger partial charge is 0.341 e. The number of nitrogens with one attached hydrogen (secondary N) is 1. The highest BCUT2D eigenvalue weighted by molar-refractivity contribution is 7.15. The lowest BCUT2D eigenvalue weighted by molar-refractivity contribution is -0.384. The van der Waals surface area contributed by atoms with Crippen molar-refractivity contribution in [2.45, 2.75) is 6.42 Å². The summed E-state index contributed by atoms with van der Waals surface area (Å²) in [5, 5.41) is 22.7. The Hall–Kier alpha value is -3.80. The molecule has 3 N–H and O–H groups in total. The second-order valence-electron chi connectivity index (χ2n) is 5.01. The molecule has 1 aromatic carbocycles. The highest BCUT2D eigenvalue weighted by Crippen LogP contribution is 2.30. The topological polar surface area (TPSA) is 159 Å². The number of nitrogens with two attached hydrogens (primary N) is 1. The van der Waals surface area contributed by atoms with Crippen molar-refractivity contribution in [2.24, 2.45) is 5.10 Å². The molecule has 0 aliphatic rings. The van der Waals surface area contributed by atoms with Crippen molar-refractivity contribution < 1.29 is 19.0 Å². The maximum atomic E-state index is 11.6. The van der Waals surface area contributed by atoms with Crippen LogP contribution in [-0.2, 0) is 16.1 Å². The van der Waals surface area contributed by atoms with Gasteiger partial charge in [0.15, 0.2) is 0 Å². The molecule has 2 aromatic heterocycles. The van der Waals surface area contributed by atoms with Crippen molar-refractivity contribution in [3.8, 4) is 11.3 Å². The van der Waals surface area contributed by atoms with E-state index in [4.69, 9.17) is 15.0 Å². The first-order valence-corrected chi connectivity index (χ1v) is 8.24. The third kappa shape index (κ3) is 4.64. The second-order valence-corrected chi connectivity index (χ2v) is 6.10. The normalized spacial score (nSPS) is 10.8. The summed E-state index contributed by atoms with van der Waals surface area (Å²) in [5.41, 5.74) is 7.81. The van der Waals surface area contributed by atoms with Gasteiger partial charge in [0.25, 0.3) is 5.69 Å². The molecule has 27 heavy (non-hydrogen) atoms. The summed E-state index contributed by atoms with van der Waals surface area (Å²) in [5.74, 6) is 0.00143. The minimum absolute atomic E-state index is 0.0697. The van der Waals surface area contributed by atoms with Crippen molar-refractivity contribution in [1.29, 1.82) is 0 Å². The summed E-state index contributed by atoms with van der Waals surface area (Å²) in [4.78, 5) is 26.9. The molecule has 0 aliphatic heterocycles. The van der Waals surface area contributed by atoms with Gasteiger partial charge in [0.1, 0.15) is 22.9 Å². The number of para-hydroxylation sites is 1. The number of hydrogen-bond donors (Lipinski definition) is 2. The standard InChI is InChI=1S/C15H12N6O5S/c16-15-19-18-13(27-15)7-14(22)26-20-17-8-9-5-6-12(25-9)10-3-1-2-4-11(10)21(23)24/h1-6,8,20H,7H2,(H2,16,19). The SMILES string of the molecule is Nc1nnc(CC(=O)ONN=Cc2ccc(-c3ccccc3[N+](=O)[O-])o2)s1. The molecule has 0 spiro atoms. The number of nitro groups is 1. The molecule has 0 radical (unpaired) electrons. The first-order chi connectivity index (χ1) is 13.0. The lowest BCUT2D eigenvalue weighted by Gasteiger charge is -1.99. The number of nitrogen functional groups attached to an aromatic ring is 1. The average Bonchev–Trinajstić information content (AvgIpc) is 3.28. The summed E-state index contributed by atoms with van der Waals surface area (Å²) in [7, 11) is 0. The molecule has 11 nitrogen and oxygen atoms in total. The summed E-state index contributed by atoms with van der Waals surface area (Å²) in [6.45, 7) is 0. The molecule has 3 aromatic rings. The Morgan fingerprint density at radius 3 is 2.93 bits per heavy atom. The first kappa shape index (κ1) is 18.0. The number of rotatable bonds is 7. The summed E-state index contributed by atoms with van der Waals surface area (Å²) >= 11 is 1.08. The molecule has 3 rings (SSSR count). The van der Waals surface area contributed by atoms with Crippen LogP contribution in [0.2, 0.25) is 0 Å². The molecule has 12 heteroatoms. The lowest BCUT2D eigenvalue weighted by atomic mass is 10.1. The van der Waals surface area contributed by atoms with Gasteiger partial charge in [-0.1, -0.05) is 23.5 Å². The van der Waals surface area contributed by atoms with Gasteiger partial charge in [-0.3, -0.25) is 10.1 Å². The maximum absolute atomic E-state index is 11.6. The molecular weight excluding hydrogens is 376 g/mol. The molecule has 138 valence electrons. The van der Waals surface area contributed by atoms with Crippen molar-refractivity contribution in [3.05, 3.63) is 57.3 Å². The first-order valence-electron chi connectivity index (χ1n) is 7.42. The molecule has 0 unspecified atom stereocenters. The number of carbonyl (C=O) groups excluding carboxylic acids is 1. The minimum Gasteiger partial charge on any atom is -0.455 e. The fourth-order valence-electron chi connectivity index (χ4n) is 2.07. The van der Waals surface area contributed by atoms with E-state index in [1.165, 1.54) is 12.3 Å². The zero-order chi connectivity index (χ0) is 19.2. The van der Waals surface area contributed by atoms with Crippen LogP contribution in [0, 0.1) is 10.1 Å². The Bertz CT molecular complexity index is 998. The summed E-state index contributed by atoms with van der Waals surface area (Å²) < 4.78 is 5.50. The Balaban J connectivity index is 1.56. The number of nitro benzene ring substituents is 1. The van der Waals surface area contributed by atoms with E-state index in [-0.39, 0.29) is 17.2 Å². The zero-order valence-corrected chi connectivity index (χ0v) is 14.4. The van der Waals surface area contributed by atoms with E-state index >= 15 is 0 Å². The molecule has 0 aliphatic carbocycles. The minimum atomic E-state index is -0.622. The molecule has 0 atom stereocenters. The molecule has 0 saturated heterocycles. The van der Waals surface area contributed by atoms with Crippen molar-refractivity contribution in [3.63, 3.8) is 0 Å². The fraction of sp³-hybridized carbons (Fsp3) is 0.0667. The highest BCUT2D eigenvalue weighted by atomic mass is 32.1. The monoisotopic (exact) mass is 388 g/mol. The molecule has 0 amide bonds. The predicted octanol–water partition coefficient (Wildman–Crippen LogP) is 1.91. The quantitative estimate of drug-likeness (QED) is 0.350. The number of carbonyl (C=O) groups is 1. The van der Waals surface area contributed by atoms with Crippen LogP contribution in [0.25, 0.3) is 11.3 Å². The van der Waals surface area contributed by atoms with Gasteiger partial charge < -0.3 is 15.0 Å². The van der Waals surface area contributed by atoms with E-state index in [1.54, 1.807) is 30.3 Å². The molecule has 0 bridgehead atoms. The van der Waals surface area contributed by atoms with Gasteiger partial charge in [-0.25, -0.2) is 4.79 Å². The van der Waals surface area contributed by atoms with Gasteiger partial charge in [-0.2, -0.15) is 0 Å². The van der Waals surface area contributed by atoms with Gasteiger partial charge in [0.2, 0.25) is 5.13 Å². The Morgan fingerprint density at radius 2 is 2.19 bits per heavy atom. The van der Waals surface area contributed by atoms with Gasteiger partial charge in [0.05, 0.1) is 16.7 Å². The Kier molecular flexibility index (Phi) is 5.37. The van der Waals surface area contributed by atoms with Gasteiger partial charge in [0, 0.05) is 6.07 Å². The van der Waals surface area contributed by atoms with Crippen LogP contribution < -0.4 is 11.3 Å². The van der Waals surface area contributed by atoms with Gasteiger partial charge in [-0.05, 0) is 18.2 Å². The predicted molar refractivity (Wildman–Crippen MR) is 95.6 cm³/mol. The van der Waals surface area contributed by atoms with Crippen LogP contribution in [0.1, 0.15) is 10.8 Å². The zero-order valence-electron chi connectivity index (χ0n) is 13.6. The van der Waals surface area contributed by atoms with Crippen LogP contribution >= 0.6 is 11.3 Å². The average molecular weight is 388 g/mol. The van der Waals surface area contributed by atoms with Crippen LogP contribution in [-0.4, -0.2) is 27.3 Å². The highest BCUT2D eigenvalue weighted by Gasteiger charge is 2.16. The third-order valence-electron chi connectivity index (χ3n) is 3.18. The number of aromatic nitrogens is 2. The number of benzene rings is 1. The summed E-state index contributed by atoms with van der Waals surface area (Å²) in [6, 6.07) is 9.36. The van der Waals surface area contributed by atoms with E-state index < -0.39 is 10.9 Å². The van der Waals surface area contributed by atoms with Gasteiger partial charge >= 0.3 is 5.97 Å². The van der Waals surface area contributed by atoms with Crippen LogP contribution in [0.5, 0.6) is 0 Å². The van der Waals surface area contributed by atoms with E-state index in [1.807, 2.05) is 0 Å². The molecule has 2 heterocycles. The largest absolute Gasteiger partial charge is 0.455 e. The van der Waals surface area contributed by atoms with Gasteiger partial charge in [-0.15, -0.1) is 20.9 Å². The lowest BCUT2D eigenvalue weighted by Crippen LogP contribution is -2.16. The molecule has 0 fully saturated rings. The number of hydrogen-bond acceptors (Lipinski definition) is 11.